The van der Waals surface area contributed by atoms with Crippen molar-refractivity contribution in [3.05, 3.63) is 139 Å². The fourth-order valence-corrected chi connectivity index (χ4v) is 8.89. The van der Waals surface area contributed by atoms with E-state index in [0.29, 0.717) is 31.5 Å². The summed E-state index contributed by atoms with van der Waals surface area (Å²) >= 11 is 24.5. The first-order chi connectivity index (χ1) is 24.0. The van der Waals surface area contributed by atoms with Crippen molar-refractivity contribution in [3.8, 4) is 0 Å². The Balaban J connectivity index is 0.000000157. The molecule has 0 saturated heterocycles. The van der Waals surface area contributed by atoms with Crippen molar-refractivity contribution in [1.82, 2.24) is 0 Å². The Morgan fingerprint density at radius 1 is 0.640 bits per heavy atom. The smallest absolute Gasteiger partial charge is 0.239 e. The van der Waals surface area contributed by atoms with Crippen LogP contribution in [0.25, 0.3) is 0 Å². The molecule has 7 nitrogen and oxygen atoms in total. The van der Waals surface area contributed by atoms with Crippen LogP contribution in [-0.2, 0) is 34.7 Å². The Kier molecular flexibility index (Phi) is 9.16. The van der Waals surface area contributed by atoms with Crippen molar-refractivity contribution in [2.45, 2.75) is 48.0 Å². The zero-order chi connectivity index (χ0) is 35.4. The van der Waals surface area contributed by atoms with Crippen LogP contribution in [0.4, 0.5) is 11.4 Å². The number of Topliss-reactive ketones (excluding diaryl/α,β-unsaturated/α-hetero) is 1. The van der Waals surface area contributed by atoms with E-state index in [4.69, 9.17) is 51.1 Å². The van der Waals surface area contributed by atoms with Crippen molar-refractivity contribution >= 4 is 81.2 Å². The lowest BCUT2D eigenvalue weighted by atomic mass is 9.59. The van der Waals surface area contributed by atoms with Gasteiger partial charge >= 0.3 is 0 Å². The van der Waals surface area contributed by atoms with Gasteiger partial charge in [0.15, 0.2) is 5.78 Å². The third-order valence-electron chi connectivity index (χ3n) is 10.3. The zero-order valence-corrected chi connectivity index (χ0v) is 29.7. The van der Waals surface area contributed by atoms with Crippen LogP contribution >= 0.6 is 46.4 Å². The van der Waals surface area contributed by atoms with Gasteiger partial charge in [-0.3, -0.25) is 19.2 Å². The number of carbonyl (C=O) groups is 4. The second-order valence-electron chi connectivity index (χ2n) is 12.9. The number of fused-ring (bicyclic) bond motifs is 4. The SMILES string of the molecule is CO[C@H]1CC(=O)C[C@@H](c2cccc(Cl)c2)[C@]12C(=O)Nc1cc(Cl)ccc12.O=C1C=C[C@@]2(C(=O)Nc3cc(Cl)ccc32)[C@H](c2cccc(Cl)c2)C1. The number of rotatable bonds is 3. The van der Waals surface area contributed by atoms with E-state index in [1.54, 1.807) is 49.6 Å². The number of allylic oxidation sites excluding steroid dienone is 1. The number of methoxy groups -OCH3 is 1. The van der Waals surface area contributed by atoms with Gasteiger partial charge in [-0.15, -0.1) is 0 Å². The van der Waals surface area contributed by atoms with Gasteiger partial charge in [-0.05, 0) is 76.9 Å². The molecular formula is C39H30Cl4N2O5. The van der Waals surface area contributed by atoms with Crippen molar-refractivity contribution in [2.24, 2.45) is 0 Å². The van der Waals surface area contributed by atoms with Gasteiger partial charge in [0, 0.05) is 69.7 Å². The minimum atomic E-state index is -0.993. The summed E-state index contributed by atoms with van der Waals surface area (Å²) in [6.45, 7) is 0. The molecule has 4 aromatic rings. The highest BCUT2D eigenvalue weighted by molar-refractivity contribution is 6.32. The van der Waals surface area contributed by atoms with Crippen LogP contribution in [0.15, 0.2) is 97.1 Å². The van der Waals surface area contributed by atoms with E-state index >= 15 is 0 Å². The predicted molar refractivity (Wildman–Crippen MR) is 196 cm³/mol. The number of nitrogens with one attached hydrogen (secondary N) is 2. The third kappa shape index (κ3) is 5.66. The zero-order valence-electron chi connectivity index (χ0n) is 26.6. The Morgan fingerprint density at radius 2 is 1.20 bits per heavy atom. The summed E-state index contributed by atoms with van der Waals surface area (Å²) in [5, 5.41) is 8.10. The summed E-state index contributed by atoms with van der Waals surface area (Å²) < 4.78 is 5.69. The van der Waals surface area contributed by atoms with Gasteiger partial charge in [0.2, 0.25) is 11.8 Å². The lowest BCUT2D eigenvalue weighted by Gasteiger charge is -2.44. The molecule has 5 atom stereocenters. The number of anilines is 2. The average Bonchev–Trinajstić information content (AvgIpc) is 3.52. The van der Waals surface area contributed by atoms with Crippen LogP contribution in [0.1, 0.15) is 53.4 Å². The van der Waals surface area contributed by atoms with Crippen LogP contribution < -0.4 is 10.6 Å². The molecule has 0 radical (unpaired) electrons. The summed E-state index contributed by atoms with van der Waals surface area (Å²) in [6.07, 6.45) is 3.38. The summed E-state index contributed by atoms with van der Waals surface area (Å²) in [5.74, 6) is -0.915. The number of carbonyl (C=O) groups excluding carboxylic acids is 4. The van der Waals surface area contributed by atoms with Gasteiger partial charge in [0.1, 0.15) is 16.6 Å². The maximum Gasteiger partial charge on any atom is 0.239 e. The first-order valence-electron chi connectivity index (χ1n) is 16.0. The number of hydrogen-bond acceptors (Lipinski definition) is 5. The molecule has 254 valence electrons. The largest absolute Gasteiger partial charge is 0.379 e. The molecule has 11 heteroatoms. The minimum Gasteiger partial charge on any atom is -0.379 e. The van der Waals surface area contributed by atoms with Gasteiger partial charge in [-0.25, -0.2) is 0 Å². The molecule has 50 heavy (non-hydrogen) atoms. The number of ketones is 2. The first-order valence-corrected chi connectivity index (χ1v) is 17.5. The van der Waals surface area contributed by atoms with E-state index < -0.39 is 16.9 Å². The Hall–Kier alpha value is -3.98. The highest BCUT2D eigenvalue weighted by Gasteiger charge is 2.61. The lowest BCUT2D eigenvalue weighted by molar-refractivity contribution is -0.137. The molecule has 8 rings (SSSR count). The predicted octanol–water partition coefficient (Wildman–Crippen LogP) is 8.84. The van der Waals surface area contributed by atoms with Gasteiger partial charge in [-0.1, -0.05) is 88.9 Å². The molecule has 1 saturated carbocycles. The molecule has 0 aromatic heterocycles. The molecule has 1 fully saturated rings. The van der Waals surface area contributed by atoms with Crippen LogP contribution in [0.2, 0.25) is 20.1 Å². The van der Waals surface area contributed by atoms with Gasteiger partial charge < -0.3 is 15.4 Å². The van der Waals surface area contributed by atoms with Crippen molar-refractivity contribution in [1.29, 1.82) is 0 Å². The first kappa shape index (κ1) is 34.5. The van der Waals surface area contributed by atoms with E-state index in [9.17, 15) is 19.2 Å². The highest BCUT2D eigenvalue weighted by atomic mass is 35.5. The molecule has 2 heterocycles. The second-order valence-corrected chi connectivity index (χ2v) is 14.7. The highest BCUT2D eigenvalue weighted by Crippen LogP contribution is 2.56. The van der Waals surface area contributed by atoms with E-state index in [2.05, 4.69) is 10.6 Å². The molecule has 2 amide bonds. The molecule has 2 aliphatic carbocycles. The standard InChI is InChI=1S/C20H17Cl2NO3.C19H13Cl2NO2/c1-26-18-10-14(24)9-16(11-3-2-4-12(21)7-11)20(18)15-6-5-13(22)8-17(15)23-19(20)25;20-12-3-1-2-11(8-12)16-10-14(23)6-7-19(16)15-5-4-13(21)9-17(15)22-18(19)24/h2-8,16,18H,9-10H2,1H3,(H,23,25);1-9,16H,10H2,(H,22,24)/t16-,18-,20-;16-,19-/m00/s1. The van der Waals surface area contributed by atoms with Crippen LogP contribution in [0, 0.1) is 0 Å². The molecule has 2 aliphatic heterocycles. The summed E-state index contributed by atoms with van der Waals surface area (Å²) in [5.41, 5.74) is 2.83. The Bertz CT molecular complexity index is 2120. The molecular weight excluding hydrogens is 718 g/mol. The summed E-state index contributed by atoms with van der Waals surface area (Å²) in [6, 6.07) is 25.4. The quantitative estimate of drug-likeness (QED) is 0.218. The van der Waals surface area contributed by atoms with Crippen molar-refractivity contribution in [2.75, 3.05) is 17.7 Å². The fourth-order valence-electron chi connectivity index (χ4n) is 8.15. The fraction of sp³-hybridized carbons (Fsp3) is 0.231. The molecule has 4 aliphatic rings. The molecule has 2 spiro atoms. The molecule has 0 bridgehead atoms. The lowest BCUT2D eigenvalue weighted by Crippen LogP contribution is -2.55. The molecule has 4 aromatic carbocycles. The van der Waals surface area contributed by atoms with Gasteiger partial charge in [-0.2, -0.15) is 0 Å². The monoisotopic (exact) mass is 746 g/mol. The summed E-state index contributed by atoms with van der Waals surface area (Å²) in [4.78, 5) is 50.8. The summed E-state index contributed by atoms with van der Waals surface area (Å²) in [7, 11) is 1.54. The number of amides is 2. The van der Waals surface area contributed by atoms with Crippen LogP contribution in [0.3, 0.4) is 0 Å². The second kappa shape index (κ2) is 13.3. The average molecular weight is 748 g/mol. The number of hydrogen-bond donors (Lipinski definition) is 2. The van der Waals surface area contributed by atoms with Crippen molar-refractivity contribution in [3.63, 3.8) is 0 Å². The normalized spacial score (nSPS) is 26.3. The van der Waals surface area contributed by atoms with Crippen molar-refractivity contribution < 1.29 is 23.9 Å². The number of benzene rings is 4. The molecule has 0 unspecified atom stereocenters. The van der Waals surface area contributed by atoms with Gasteiger partial charge in [0.25, 0.3) is 0 Å². The maximum atomic E-state index is 13.3. The Morgan fingerprint density at radius 3 is 1.82 bits per heavy atom. The molecule has 2 N–H and O–H groups in total. The van der Waals surface area contributed by atoms with E-state index in [1.165, 1.54) is 6.08 Å². The topological polar surface area (TPSA) is 102 Å². The van der Waals surface area contributed by atoms with Gasteiger partial charge in [0.05, 0.1) is 6.10 Å². The van der Waals surface area contributed by atoms with E-state index in [0.717, 1.165) is 22.3 Å². The van der Waals surface area contributed by atoms with E-state index in [1.807, 2.05) is 48.5 Å². The maximum absolute atomic E-state index is 13.3. The minimum absolute atomic E-state index is 0.000754. The van der Waals surface area contributed by atoms with E-state index in [-0.39, 0.29) is 54.5 Å². The van der Waals surface area contributed by atoms with Crippen LogP contribution in [0.5, 0.6) is 0 Å². The number of halogens is 4. The third-order valence-corrected chi connectivity index (χ3v) is 11.2. The number of ether oxygens (including phenoxy) is 1. The van der Waals surface area contributed by atoms with Crippen LogP contribution in [-0.4, -0.2) is 36.6 Å². The Labute approximate surface area is 308 Å².